The summed E-state index contributed by atoms with van der Waals surface area (Å²) < 4.78 is 5.57. The first kappa shape index (κ1) is 21.7. The number of piperidine rings is 2. The van der Waals surface area contributed by atoms with Crippen molar-refractivity contribution >= 4 is 40.6 Å². The molecule has 0 unspecified atom stereocenters. The van der Waals surface area contributed by atoms with Gasteiger partial charge in [-0.3, -0.25) is 19.3 Å². The molecule has 8 heteroatoms. The molecule has 3 aliphatic rings. The Bertz CT molecular complexity index is 889. The molecule has 1 aromatic rings. The topological polar surface area (TPSA) is 70.2 Å². The number of ether oxygens (including phenoxy) is 1. The lowest BCUT2D eigenvalue weighted by Crippen LogP contribution is -2.44. The Hall–Kier alpha value is -2.48. The molecule has 4 rings (SSSR count). The molecule has 3 amide bonds. The molecule has 0 N–H and O–H groups in total. The van der Waals surface area contributed by atoms with Crippen LogP contribution >= 0.6 is 11.8 Å². The van der Waals surface area contributed by atoms with Gasteiger partial charge < -0.3 is 14.5 Å². The molecule has 0 atom stereocenters. The fourth-order valence-electron chi connectivity index (χ4n) is 4.32. The third-order valence-electron chi connectivity index (χ3n) is 6.10. The number of hydrogen-bond acceptors (Lipinski definition) is 6. The molecule has 0 aromatic heterocycles. The van der Waals surface area contributed by atoms with E-state index in [2.05, 4.69) is 4.90 Å². The van der Waals surface area contributed by atoms with Crippen molar-refractivity contribution in [1.82, 2.24) is 9.80 Å². The lowest BCUT2D eigenvalue weighted by Gasteiger charge is -2.29. The molecule has 0 bridgehead atoms. The Kier molecular flexibility index (Phi) is 6.85. The number of likely N-dealkylation sites (tertiary alicyclic amines) is 1. The minimum atomic E-state index is -0.414. The van der Waals surface area contributed by atoms with Crippen LogP contribution in [0.2, 0.25) is 0 Å². The zero-order chi connectivity index (χ0) is 21.8. The van der Waals surface area contributed by atoms with Crippen LogP contribution in [0.25, 0.3) is 6.08 Å². The average Bonchev–Trinajstić information content (AvgIpc) is 3.07. The first-order chi connectivity index (χ1) is 15.1. The lowest BCUT2D eigenvalue weighted by atomic mass is 10.1. The first-order valence-corrected chi connectivity index (χ1v) is 11.8. The standard InChI is InChI=1S/C23H29N3O4S/c1-30-19-15-18(24-10-4-2-5-11-24)9-8-17(19)14-20-22(28)26(23(29)31-20)16-21(27)25-12-6-3-7-13-25/h8-9,14-15H,2-7,10-13,16H2,1H3. The van der Waals surface area contributed by atoms with Crippen molar-refractivity contribution in [2.24, 2.45) is 0 Å². The minimum absolute atomic E-state index is 0.160. The Balaban J connectivity index is 1.48. The van der Waals surface area contributed by atoms with Crippen molar-refractivity contribution in [1.29, 1.82) is 0 Å². The van der Waals surface area contributed by atoms with E-state index in [1.165, 1.54) is 19.3 Å². The Morgan fingerprint density at radius 2 is 1.71 bits per heavy atom. The number of anilines is 1. The van der Waals surface area contributed by atoms with E-state index in [-0.39, 0.29) is 12.5 Å². The van der Waals surface area contributed by atoms with Crippen LogP contribution in [0.3, 0.4) is 0 Å². The first-order valence-electron chi connectivity index (χ1n) is 11.0. The van der Waals surface area contributed by atoms with E-state index in [0.717, 1.165) is 60.3 Å². The molecule has 7 nitrogen and oxygen atoms in total. The van der Waals surface area contributed by atoms with Crippen LogP contribution in [0.5, 0.6) is 5.75 Å². The predicted molar refractivity (Wildman–Crippen MR) is 122 cm³/mol. The van der Waals surface area contributed by atoms with Crippen molar-refractivity contribution in [3.8, 4) is 5.75 Å². The van der Waals surface area contributed by atoms with Crippen molar-refractivity contribution in [3.05, 3.63) is 28.7 Å². The van der Waals surface area contributed by atoms with Crippen molar-refractivity contribution < 1.29 is 19.1 Å². The van der Waals surface area contributed by atoms with Crippen LogP contribution in [-0.2, 0) is 9.59 Å². The van der Waals surface area contributed by atoms with E-state index >= 15 is 0 Å². The van der Waals surface area contributed by atoms with Crippen LogP contribution in [0, 0.1) is 0 Å². The van der Waals surface area contributed by atoms with Gasteiger partial charge in [-0.25, -0.2) is 0 Å². The molecule has 166 valence electrons. The molecule has 1 aromatic carbocycles. The molecule has 0 aliphatic carbocycles. The summed E-state index contributed by atoms with van der Waals surface area (Å²) in [4.78, 5) is 43.3. The molecule has 3 heterocycles. The molecule has 3 aliphatic heterocycles. The number of carbonyl (C=O) groups is 3. The Morgan fingerprint density at radius 1 is 1.03 bits per heavy atom. The van der Waals surface area contributed by atoms with Crippen molar-refractivity contribution in [3.63, 3.8) is 0 Å². The molecule has 0 saturated carbocycles. The Morgan fingerprint density at radius 3 is 2.39 bits per heavy atom. The number of rotatable bonds is 5. The summed E-state index contributed by atoms with van der Waals surface area (Å²) in [5, 5.41) is -0.398. The highest BCUT2D eigenvalue weighted by Crippen LogP contribution is 2.35. The summed E-state index contributed by atoms with van der Waals surface area (Å²) in [6, 6.07) is 5.95. The minimum Gasteiger partial charge on any atom is -0.496 e. The SMILES string of the molecule is COc1cc(N2CCCCC2)ccc1C=C1SC(=O)N(CC(=O)N2CCCCC2)C1=O. The molecule has 0 radical (unpaired) electrons. The van der Waals surface area contributed by atoms with E-state index < -0.39 is 11.1 Å². The number of benzene rings is 1. The maximum atomic E-state index is 12.8. The summed E-state index contributed by atoms with van der Waals surface area (Å²) in [6.07, 6.45) is 8.39. The zero-order valence-corrected chi connectivity index (χ0v) is 18.8. The average molecular weight is 444 g/mol. The van der Waals surface area contributed by atoms with Crippen LogP contribution in [0.15, 0.2) is 23.1 Å². The monoisotopic (exact) mass is 443 g/mol. The van der Waals surface area contributed by atoms with Crippen LogP contribution in [0.4, 0.5) is 10.5 Å². The highest BCUT2D eigenvalue weighted by molar-refractivity contribution is 8.18. The van der Waals surface area contributed by atoms with Gasteiger partial charge in [-0.05, 0) is 68.5 Å². The number of thioether (sulfide) groups is 1. The summed E-state index contributed by atoms with van der Waals surface area (Å²) >= 11 is 0.879. The molecule has 0 spiro atoms. The summed E-state index contributed by atoms with van der Waals surface area (Å²) in [6.45, 7) is 3.28. The fourth-order valence-corrected chi connectivity index (χ4v) is 5.15. The van der Waals surface area contributed by atoms with Crippen LogP contribution in [-0.4, -0.2) is 66.7 Å². The van der Waals surface area contributed by atoms with Gasteiger partial charge in [0.25, 0.3) is 11.1 Å². The van der Waals surface area contributed by atoms with Gasteiger partial charge in [0.2, 0.25) is 5.91 Å². The van der Waals surface area contributed by atoms with E-state index in [4.69, 9.17) is 4.74 Å². The number of methoxy groups -OCH3 is 1. The highest BCUT2D eigenvalue weighted by atomic mass is 32.2. The fraction of sp³-hybridized carbons (Fsp3) is 0.522. The summed E-state index contributed by atoms with van der Waals surface area (Å²) in [5.74, 6) is 0.0912. The van der Waals surface area contributed by atoms with Gasteiger partial charge >= 0.3 is 0 Å². The number of carbonyl (C=O) groups excluding carboxylic acids is 3. The normalized spacial score (nSPS) is 21.2. The zero-order valence-electron chi connectivity index (χ0n) is 18.0. The maximum absolute atomic E-state index is 12.8. The van der Waals surface area contributed by atoms with Gasteiger partial charge in [0.1, 0.15) is 12.3 Å². The smallest absolute Gasteiger partial charge is 0.294 e. The van der Waals surface area contributed by atoms with E-state index in [1.807, 2.05) is 18.2 Å². The van der Waals surface area contributed by atoms with E-state index in [9.17, 15) is 14.4 Å². The summed E-state index contributed by atoms with van der Waals surface area (Å²) in [5.41, 5.74) is 1.85. The van der Waals surface area contributed by atoms with Crippen molar-refractivity contribution in [2.75, 3.05) is 44.7 Å². The second-order valence-corrected chi connectivity index (χ2v) is 9.18. The molecule has 31 heavy (non-hydrogen) atoms. The van der Waals surface area contributed by atoms with Gasteiger partial charge in [0.05, 0.1) is 12.0 Å². The Labute approximate surface area is 187 Å². The molecular formula is C23H29N3O4S. The predicted octanol–water partition coefficient (Wildman–Crippen LogP) is 3.73. The molecule has 3 saturated heterocycles. The quantitative estimate of drug-likeness (QED) is 0.646. The van der Waals surface area contributed by atoms with Crippen LogP contribution < -0.4 is 9.64 Å². The van der Waals surface area contributed by atoms with Gasteiger partial charge in [0, 0.05) is 43.5 Å². The number of hydrogen-bond donors (Lipinski definition) is 0. The number of nitrogens with zero attached hydrogens (tertiary/aromatic N) is 3. The molecular weight excluding hydrogens is 414 g/mol. The maximum Gasteiger partial charge on any atom is 0.294 e. The largest absolute Gasteiger partial charge is 0.496 e. The van der Waals surface area contributed by atoms with Crippen LogP contribution in [0.1, 0.15) is 44.1 Å². The van der Waals surface area contributed by atoms with Gasteiger partial charge in [-0.2, -0.15) is 0 Å². The number of imide groups is 1. The third kappa shape index (κ3) is 4.89. The van der Waals surface area contributed by atoms with E-state index in [0.29, 0.717) is 23.7 Å². The second kappa shape index (κ2) is 9.77. The summed E-state index contributed by atoms with van der Waals surface area (Å²) in [7, 11) is 1.61. The van der Waals surface area contributed by atoms with Gasteiger partial charge in [-0.1, -0.05) is 0 Å². The van der Waals surface area contributed by atoms with Crippen molar-refractivity contribution in [2.45, 2.75) is 38.5 Å². The molecule has 3 fully saturated rings. The second-order valence-electron chi connectivity index (χ2n) is 8.18. The number of amides is 3. The highest BCUT2D eigenvalue weighted by Gasteiger charge is 2.37. The lowest BCUT2D eigenvalue weighted by molar-refractivity contribution is -0.136. The third-order valence-corrected chi connectivity index (χ3v) is 7.01. The van der Waals surface area contributed by atoms with E-state index in [1.54, 1.807) is 18.1 Å². The van der Waals surface area contributed by atoms with Gasteiger partial charge in [-0.15, -0.1) is 0 Å². The van der Waals surface area contributed by atoms with Gasteiger partial charge in [0.15, 0.2) is 0 Å².